The lowest BCUT2D eigenvalue weighted by Gasteiger charge is -2.30. The molecular formula is C29H38N4O3. The van der Waals surface area contributed by atoms with Crippen LogP contribution in [0.3, 0.4) is 0 Å². The first-order valence-corrected chi connectivity index (χ1v) is 12.9. The van der Waals surface area contributed by atoms with Crippen molar-refractivity contribution in [3.8, 4) is 17.1 Å². The molecule has 7 nitrogen and oxygen atoms in total. The van der Waals surface area contributed by atoms with Gasteiger partial charge in [-0.2, -0.15) is 4.98 Å². The number of ether oxygens (including phenoxy) is 1. The van der Waals surface area contributed by atoms with Gasteiger partial charge in [0.15, 0.2) is 0 Å². The second-order valence-corrected chi connectivity index (χ2v) is 10.7. The number of methoxy groups -OCH3 is 1. The quantitative estimate of drug-likeness (QED) is 0.425. The summed E-state index contributed by atoms with van der Waals surface area (Å²) in [5.41, 5.74) is 3.54. The minimum absolute atomic E-state index is 0.0112. The molecule has 1 saturated heterocycles. The predicted molar refractivity (Wildman–Crippen MR) is 141 cm³/mol. The Morgan fingerprint density at radius 3 is 2.75 bits per heavy atom. The van der Waals surface area contributed by atoms with Gasteiger partial charge in [0.25, 0.3) is 0 Å². The maximum absolute atomic E-state index is 12.8. The number of likely N-dealkylation sites (tertiary alicyclic amines) is 1. The Labute approximate surface area is 214 Å². The van der Waals surface area contributed by atoms with Gasteiger partial charge in [0.1, 0.15) is 5.75 Å². The van der Waals surface area contributed by atoms with Gasteiger partial charge in [-0.25, -0.2) is 0 Å². The van der Waals surface area contributed by atoms with E-state index in [-0.39, 0.29) is 17.2 Å². The van der Waals surface area contributed by atoms with E-state index < -0.39 is 0 Å². The van der Waals surface area contributed by atoms with Gasteiger partial charge in [0.2, 0.25) is 17.6 Å². The molecule has 3 aromatic rings. The summed E-state index contributed by atoms with van der Waals surface area (Å²) in [6, 6.07) is 16.4. The van der Waals surface area contributed by atoms with E-state index >= 15 is 0 Å². The van der Waals surface area contributed by atoms with Gasteiger partial charge < -0.3 is 14.6 Å². The van der Waals surface area contributed by atoms with Gasteiger partial charge in [-0.1, -0.05) is 62.3 Å². The van der Waals surface area contributed by atoms with Crippen LogP contribution in [0, 0.1) is 5.92 Å². The van der Waals surface area contributed by atoms with Crippen molar-refractivity contribution in [1.82, 2.24) is 20.4 Å². The van der Waals surface area contributed by atoms with E-state index in [9.17, 15) is 4.79 Å². The lowest BCUT2D eigenvalue weighted by Crippen LogP contribution is -2.43. The van der Waals surface area contributed by atoms with Crippen LogP contribution in [0.1, 0.15) is 57.1 Å². The minimum atomic E-state index is -0.0112. The van der Waals surface area contributed by atoms with Crippen LogP contribution < -0.4 is 10.1 Å². The van der Waals surface area contributed by atoms with Crippen LogP contribution in [0.4, 0.5) is 0 Å². The number of amides is 1. The SMILES string of the molecule is COc1cccc(CCCNC(=O)C2CCCN(Cc3nc(-c4ccc(C(C)(C)C)cc4)no3)C2)c1. The highest BCUT2D eigenvalue weighted by Crippen LogP contribution is 2.25. The zero-order valence-corrected chi connectivity index (χ0v) is 21.9. The van der Waals surface area contributed by atoms with Crippen LogP contribution in [0.25, 0.3) is 11.4 Å². The van der Waals surface area contributed by atoms with Crippen molar-refractivity contribution in [2.24, 2.45) is 5.92 Å². The maximum atomic E-state index is 12.8. The molecule has 36 heavy (non-hydrogen) atoms. The van der Waals surface area contributed by atoms with Crippen molar-refractivity contribution in [3.63, 3.8) is 0 Å². The number of nitrogens with one attached hydrogen (secondary N) is 1. The minimum Gasteiger partial charge on any atom is -0.497 e. The molecule has 0 saturated carbocycles. The van der Waals surface area contributed by atoms with Gasteiger partial charge in [-0.15, -0.1) is 0 Å². The molecule has 1 amide bonds. The Kier molecular flexibility index (Phi) is 8.41. The summed E-state index contributed by atoms with van der Waals surface area (Å²) in [6.45, 7) is 9.46. The molecule has 1 atom stereocenters. The number of carbonyl (C=O) groups excluding carboxylic acids is 1. The highest BCUT2D eigenvalue weighted by molar-refractivity contribution is 5.78. The van der Waals surface area contributed by atoms with E-state index in [4.69, 9.17) is 9.26 Å². The highest BCUT2D eigenvalue weighted by Gasteiger charge is 2.26. The van der Waals surface area contributed by atoms with Gasteiger partial charge in [-0.3, -0.25) is 9.69 Å². The lowest BCUT2D eigenvalue weighted by molar-refractivity contribution is -0.126. The fourth-order valence-corrected chi connectivity index (χ4v) is 4.64. The summed E-state index contributed by atoms with van der Waals surface area (Å²) in [7, 11) is 1.68. The first kappa shape index (κ1) is 25.9. The number of rotatable bonds is 9. The summed E-state index contributed by atoms with van der Waals surface area (Å²) in [5.74, 6) is 2.18. The third kappa shape index (κ3) is 6.94. The van der Waals surface area contributed by atoms with Crippen LogP contribution >= 0.6 is 0 Å². The molecule has 0 radical (unpaired) electrons. The number of benzene rings is 2. The molecule has 1 fully saturated rings. The fraction of sp³-hybridized carbons (Fsp3) is 0.483. The maximum Gasteiger partial charge on any atom is 0.241 e. The molecule has 1 N–H and O–H groups in total. The number of carbonyl (C=O) groups is 1. The van der Waals surface area contributed by atoms with Crippen molar-refractivity contribution in [1.29, 1.82) is 0 Å². The Morgan fingerprint density at radius 2 is 2.00 bits per heavy atom. The lowest BCUT2D eigenvalue weighted by atomic mass is 9.87. The summed E-state index contributed by atoms with van der Waals surface area (Å²) in [5, 5.41) is 7.31. The van der Waals surface area contributed by atoms with E-state index in [0.29, 0.717) is 31.3 Å². The summed E-state index contributed by atoms with van der Waals surface area (Å²) in [6.07, 6.45) is 3.70. The Morgan fingerprint density at radius 1 is 1.19 bits per heavy atom. The number of aryl methyl sites for hydroxylation is 1. The van der Waals surface area contributed by atoms with Crippen molar-refractivity contribution in [3.05, 3.63) is 65.5 Å². The third-order valence-corrected chi connectivity index (χ3v) is 6.79. The highest BCUT2D eigenvalue weighted by atomic mass is 16.5. The number of aromatic nitrogens is 2. The van der Waals surface area contributed by atoms with Gasteiger partial charge >= 0.3 is 0 Å². The standard InChI is InChI=1S/C29H38N4O3/c1-29(2,3)24-14-12-22(13-15-24)27-31-26(36-32-27)20-33-17-7-10-23(19-33)28(34)30-16-6-9-21-8-5-11-25(18-21)35-4/h5,8,11-15,18,23H,6-7,9-10,16-17,19-20H2,1-4H3,(H,30,34). The van der Waals surface area contributed by atoms with Gasteiger partial charge in [-0.05, 0) is 60.9 Å². The van der Waals surface area contributed by atoms with Crippen LogP contribution in [-0.2, 0) is 23.2 Å². The van der Waals surface area contributed by atoms with Crippen molar-refractivity contribution in [2.45, 2.75) is 58.4 Å². The molecule has 0 aliphatic carbocycles. The monoisotopic (exact) mass is 490 g/mol. The molecule has 7 heteroatoms. The molecule has 2 aromatic carbocycles. The van der Waals surface area contributed by atoms with Crippen LogP contribution in [0.15, 0.2) is 53.1 Å². The largest absolute Gasteiger partial charge is 0.497 e. The molecule has 1 aliphatic heterocycles. The summed E-state index contributed by atoms with van der Waals surface area (Å²) < 4.78 is 10.8. The van der Waals surface area contributed by atoms with E-state index in [0.717, 1.165) is 43.5 Å². The predicted octanol–water partition coefficient (Wildman–Crippen LogP) is 5.00. The molecule has 4 rings (SSSR count). The van der Waals surface area contributed by atoms with Crippen molar-refractivity contribution in [2.75, 3.05) is 26.7 Å². The van der Waals surface area contributed by atoms with Crippen LogP contribution in [0.2, 0.25) is 0 Å². The zero-order valence-electron chi connectivity index (χ0n) is 21.9. The molecule has 0 spiro atoms. The molecule has 192 valence electrons. The van der Waals surface area contributed by atoms with Crippen molar-refractivity contribution >= 4 is 5.91 Å². The molecule has 2 heterocycles. The fourth-order valence-electron chi connectivity index (χ4n) is 4.64. The summed E-state index contributed by atoms with van der Waals surface area (Å²) in [4.78, 5) is 19.6. The summed E-state index contributed by atoms with van der Waals surface area (Å²) >= 11 is 0. The number of piperidine rings is 1. The number of hydrogen-bond acceptors (Lipinski definition) is 6. The van der Waals surface area contributed by atoms with Crippen LogP contribution in [-0.4, -0.2) is 47.7 Å². The average molecular weight is 491 g/mol. The van der Waals surface area contributed by atoms with Gasteiger partial charge in [0.05, 0.1) is 19.6 Å². The topological polar surface area (TPSA) is 80.5 Å². The average Bonchev–Trinajstić information content (AvgIpc) is 3.35. The normalized spacial score (nSPS) is 16.6. The van der Waals surface area contributed by atoms with E-state index in [1.54, 1.807) is 7.11 Å². The van der Waals surface area contributed by atoms with Gasteiger partial charge in [0, 0.05) is 18.7 Å². The van der Waals surface area contributed by atoms with Crippen molar-refractivity contribution < 1.29 is 14.1 Å². The molecule has 0 bridgehead atoms. The zero-order chi connectivity index (χ0) is 25.5. The first-order chi connectivity index (χ1) is 17.3. The van der Waals surface area contributed by atoms with Crippen LogP contribution in [0.5, 0.6) is 5.75 Å². The number of hydrogen-bond donors (Lipinski definition) is 1. The second-order valence-electron chi connectivity index (χ2n) is 10.7. The molecular weight excluding hydrogens is 452 g/mol. The Bertz CT molecular complexity index is 1130. The van der Waals surface area contributed by atoms with E-state index in [1.807, 2.05) is 30.3 Å². The number of nitrogens with zero attached hydrogens (tertiary/aromatic N) is 3. The molecule has 1 unspecified atom stereocenters. The van der Waals surface area contributed by atoms with E-state index in [2.05, 4.69) is 59.3 Å². The Hall–Kier alpha value is -3.19. The smallest absolute Gasteiger partial charge is 0.241 e. The molecule has 1 aliphatic rings. The first-order valence-electron chi connectivity index (χ1n) is 12.9. The Balaban J connectivity index is 1.24. The second kappa shape index (κ2) is 11.7. The van der Waals surface area contributed by atoms with E-state index in [1.165, 1.54) is 11.1 Å². The molecule has 1 aromatic heterocycles. The third-order valence-electron chi connectivity index (χ3n) is 6.79.